The van der Waals surface area contributed by atoms with Crippen LogP contribution in [0.15, 0.2) is 18.2 Å². The normalized spacial score (nSPS) is 13.8. The third-order valence-corrected chi connectivity index (χ3v) is 2.70. The molecular weight excluding hydrogens is 218 g/mol. The van der Waals surface area contributed by atoms with Gasteiger partial charge in [0.15, 0.2) is 0 Å². The van der Waals surface area contributed by atoms with Crippen LogP contribution in [-0.2, 0) is 16.0 Å². The van der Waals surface area contributed by atoms with E-state index in [1.54, 1.807) is 6.92 Å². The van der Waals surface area contributed by atoms with Gasteiger partial charge in [-0.2, -0.15) is 0 Å². The van der Waals surface area contributed by atoms with Gasteiger partial charge in [0.2, 0.25) is 5.91 Å². The maximum atomic E-state index is 11.2. The Kier molecular flexibility index (Phi) is 3.42. The Balaban J connectivity index is 2.01. The van der Waals surface area contributed by atoms with E-state index < -0.39 is 0 Å². The number of ketones is 1. The van der Waals surface area contributed by atoms with Crippen LogP contribution in [-0.4, -0.2) is 18.3 Å². The minimum atomic E-state index is 0.0581. The Morgan fingerprint density at radius 1 is 1.41 bits per heavy atom. The number of ether oxygens (including phenoxy) is 1. The molecule has 1 aromatic carbocycles. The molecule has 0 saturated heterocycles. The van der Waals surface area contributed by atoms with Crippen molar-refractivity contribution in [2.45, 2.75) is 26.2 Å². The molecule has 0 atom stereocenters. The number of hydrogen-bond acceptors (Lipinski definition) is 3. The maximum absolute atomic E-state index is 11.2. The monoisotopic (exact) mass is 233 g/mol. The first kappa shape index (κ1) is 11.6. The molecule has 0 unspecified atom stereocenters. The van der Waals surface area contributed by atoms with Gasteiger partial charge in [-0.05, 0) is 37.1 Å². The fourth-order valence-corrected chi connectivity index (χ4v) is 1.76. The number of carbonyl (C=O) groups excluding carboxylic acids is 2. The lowest BCUT2D eigenvalue weighted by Crippen LogP contribution is -2.18. The summed E-state index contributed by atoms with van der Waals surface area (Å²) in [4.78, 5) is 22.0. The number of nitrogens with one attached hydrogen (secondary N) is 1. The smallest absolute Gasteiger partial charge is 0.224 e. The van der Waals surface area contributed by atoms with E-state index >= 15 is 0 Å². The van der Waals surface area contributed by atoms with Gasteiger partial charge in [-0.15, -0.1) is 0 Å². The molecule has 0 radical (unpaired) electrons. The van der Waals surface area contributed by atoms with Crippen molar-refractivity contribution in [3.05, 3.63) is 23.8 Å². The van der Waals surface area contributed by atoms with Gasteiger partial charge in [-0.1, -0.05) is 0 Å². The number of amides is 1. The van der Waals surface area contributed by atoms with E-state index in [9.17, 15) is 9.59 Å². The molecule has 2 rings (SSSR count). The van der Waals surface area contributed by atoms with Crippen LogP contribution in [0.4, 0.5) is 5.69 Å². The van der Waals surface area contributed by atoms with Gasteiger partial charge in [0.05, 0.1) is 6.61 Å². The quantitative estimate of drug-likeness (QED) is 0.864. The van der Waals surface area contributed by atoms with Crippen molar-refractivity contribution in [3.8, 4) is 5.75 Å². The molecule has 1 heterocycles. The predicted octanol–water partition coefficient (Wildman–Crippen LogP) is 1.93. The Morgan fingerprint density at radius 3 is 3.00 bits per heavy atom. The van der Waals surface area contributed by atoms with Gasteiger partial charge >= 0.3 is 0 Å². The molecule has 1 aliphatic rings. The van der Waals surface area contributed by atoms with E-state index in [2.05, 4.69) is 5.32 Å². The zero-order valence-corrected chi connectivity index (χ0v) is 9.79. The molecular formula is C13H15NO3. The van der Waals surface area contributed by atoms with Gasteiger partial charge in [0.25, 0.3) is 0 Å². The first-order chi connectivity index (χ1) is 8.15. The summed E-state index contributed by atoms with van der Waals surface area (Å²) in [5.74, 6) is 0.930. The molecule has 1 aromatic rings. The van der Waals surface area contributed by atoms with Crippen LogP contribution in [0.25, 0.3) is 0 Å². The number of carbonyl (C=O) groups is 2. The minimum absolute atomic E-state index is 0.0581. The molecule has 1 amide bonds. The first-order valence-electron chi connectivity index (χ1n) is 5.70. The lowest BCUT2D eigenvalue weighted by molar-refractivity contribution is -0.118. The van der Waals surface area contributed by atoms with Crippen LogP contribution >= 0.6 is 0 Å². The van der Waals surface area contributed by atoms with E-state index in [0.717, 1.165) is 23.4 Å². The zero-order chi connectivity index (χ0) is 12.3. The standard InChI is InChI=1S/C13H15NO3/c1-9(15)6-7-17-11-3-4-12-10(8-11)2-5-13(16)14-12/h3-4,8H,2,5-7H2,1H3,(H,14,16). The second-order valence-corrected chi connectivity index (χ2v) is 4.17. The summed E-state index contributed by atoms with van der Waals surface area (Å²) in [6.07, 6.45) is 1.68. The maximum Gasteiger partial charge on any atom is 0.224 e. The summed E-state index contributed by atoms with van der Waals surface area (Å²) in [6.45, 7) is 1.95. The van der Waals surface area contributed by atoms with Crippen LogP contribution in [0.1, 0.15) is 25.3 Å². The highest BCUT2D eigenvalue weighted by Crippen LogP contribution is 2.26. The number of Topliss-reactive ketones (excluding diaryl/α,β-unsaturated/α-hetero) is 1. The molecule has 0 aliphatic carbocycles. The van der Waals surface area contributed by atoms with Crippen LogP contribution in [0.2, 0.25) is 0 Å². The molecule has 4 nitrogen and oxygen atoms in total. The molecule has 1 aliphatic heterocycles. The average Bonchev–Trinajstić information content (AvgIpc) is 2.29. The number of rotatable bonds is 4. The molecule has 0 spiro atoms. The number of hydrogen-bond donors (Lipinski definition) is 1. The number of anilines is 1. The van der Waals surface area contributed by atoms with Gasteiger partial charge < -0.3 is 10.1 Å². The van der Waals surface area contributed by atoms with Crippen molar-refractivity contribution in [3.63, 3.8) is 0 Å². The van der Waals surface area contributed by atoms with Crippen molar-refractivity contribution >= 4 is 17.4 Å². The topological polar surface area (TPSA) is 55.4 Å². The highest BCUT2D eigenvalue weighted by atomic mass is 16.5. The highest BCUT2D eigenvalue weighted by molar-refractivity contribution is 5.94. The Hall–Kier alpha value is -1.84. The van der Waals surface area contributed by atoms with E-state index in [-0.39, 0.29) is 11.7 Å². The Bertz CT molecular complexity index is 454. The predicted molar refractivity (Wildman–Crippen MR) is 64.2 cm³/mol. The minimum Gasteiger partial charge on any atom is -0.493 e. The molecule has 17 heavy (non-hydrogen) atoms. The van der Waals surface area contributed by atoms with Crippen molar-refractivity contribution in [1.82, 2.24) is 0 Å². The van der Waals surface area contributed by atoms with E-state index in [1.165, 1.54) is 0 Å². The third kappa shape index (κ3) is 3.06. The summed E-state index contributed by atoms with van der Waals surface area (Å²) >= 11 is 0. The lowest BCUT2D eigenvalue weighted by Gasteiger charge is -2.17. The number of aryl methyl sites for hydroxylation is 1. The summed E-state index contributed by atoms with van der Waals surface area (Å²) < 4.78 is 5.48. The van der Waals surface area contributed by atoms with E-state index in [1.807, 2.05) is 18.2 Å². The number of benzene rings is 1. The molecule has 90 valence electrons. The fraction of sp³-hybridized carbons (Fsp3) is 0.385. The first-order valence-corrected chi connectivity index (χ1v) is 5.70. The summed E-state index contributed by atoms with van der Waals surface area (Å²) in [7, 11) is 0. The molecule has 0 saturated carbocycles. The van der Waals surface area contributed by atoms with E-state index in [0.29, 0.717) is 19.4 Å². The largest absolute Gasteiger partial charge is 0.493 e. The van der Waals surface area contributed by atoms with Crippen molar-refractivity contribution in [2.24, 2.45) is 0 Å². The van der Waals surface area contributed by atoms with Crippen molar-refractivity contribution < 1.29 is 14.3 Å². The average molecular weight is 233 g/mol. The molecule has 0 fully saturated rings. The van der Waals surface area contributed by atoms with Gasteiger partial charge in [0.1, 0.15) is 11.5 Å². The molecule has 4 heteroatoms. The van der Waals surface area contributed by atoms with Crippen LogP contribution in [0.3, 0.4) is 0 Å². The van der Waals surface area contributed by atoms with E-state index in [4.69, 9.17) is 4.74 Å². The Morgan fingerprint density at radius 2 is 2.24 bits per heavy atom. The summed E-state index contributed by atoms with van der Waals surface area (Å²) in [6, 6.07) is 5.58. The molecule has 1 N–H and O–H groups in total. The van der Waals surface area contributed by atoms with Crippen LogP contribution in [0, 0.1) is 0 Å². The van der Waals surface area contributed by atoms with Crippen molar-refractivity contribution in [1.29, 1.82) is 0 Å². The molecule has 0 bridgehead atoms. The molecule has 0 aromatic heterocycles. The SMILES string of the molecule is CC(=O)CCOc1ccc2c(c1)CCC(=O)N2. The van der Waals surface area contributed by atoms with Crippen molar-refractivity contribution in [2.75, 3.05) is 11.9 Å². The summed E-state index contributed by atoms with van der Waals surface area (Å²) in [5, 5.41) is 2.81. The van der Waals surface area contributed by atoms with Gasteiger partial charge in [0, 0.05) is 18.5 Å². The van der Waals surface area contributed by atoms with Crippen LogP contribution < -0.4 is 10.1 Å². The van der Waals surface area contributed by atoms with Gasteiger partial charge in [-0.3, -0.25) is 9.59 Å². The third-order valence-electron chi connectivity index (χ3n) is 2.70. The highest BCUT2D eigenvalue weighted by Gasteiger charge is 2.14. The Labute approximate surface area is 100.0 Å². The fourth-order valence-electron chi connectivity index (χ4n) is 1.76. The second kappa shape index (κ2) is 4.99. The number of fused-ring (bicyclic) bond motifs is 1. The second-order valence-electron chi connectivity index (χ2n) is 4.17. The zero-order valence-electron chi connectivity index (χ0n) is 9.79. The summed E-state index contributed by atoms with van der Waals surface area (Å²) in [5.41, 5.74) is 1.95. The van der Waals surface area contributed by atoms with Gasteiger partial charge in [-0.25, -0.2) is 0 Å². The lowest BCUT2D eigenvalue weighted by atomic mass is 10.0. The van der Waals surface area contributed by atoms with Crippen LogP contribution in [0.5, 0.6) is 5.75 Å².